The third-order valence-corrected chi connectivity index (χ3v) is 5.14. The smallest absolute Gasteiger partial charge is 0.213 e. The SMILES string of the molecule is CCNC(=NCc1ccnc(OC2CCCC2)c1)NCc1ncc(C)s1. The Bertz CT molecular complexity index is 724. The summed E-state index contributed by atoms with van der Waals surface area (Å²) in [6, 6.07) is 3.98. The molecule has 7 heteroatoms. The maximum absolute atomic E-state index is 5.98. The highest BCUT2D eigenvalue weighted by atomic mass is 32.1. The van der Waals surface area contributed by atoms with Crippen LogP contribution in [0.15, 0.2) is 29.5 Å². The summed E-state index contributed by atoms with van der Waals surface area (Å²) in [6.07, 6.45) is 8.80. The second kappa shape index (κ2) is 9.52. The summed E-state index contributed by atoms with van der Waals surface area (Å²) in [4.78, 5) is 14.6. The Morgan fingerprint density at radius 3 is 2.88 bits per heavy atom. The van der Waals surface area contributed by atoms with Crippen molar-refractivity contribution in [3.8, 4) is 5.88 Å². The maximum atomic E-state index is 5.98. The molecule has 3 rings (SSSR count). The van der Waals surface area contributed by atoms with Crippen LogP contribution in [-0.2, 0) is 13.1 Å². The molecule has 1 aliphatic carbocycles. The molecule has 0 amide bonds. The molecule has 0 bridgehead atoms. The van der Waals surface area contributed by atoms with Gasteiger partial charge in [0.2, 0.25) is 5.88 Å². The van der Waals surface area contributed by atoms with E-state index in [2.05, 4.69) is 39.4 Å². The van der Waals surface area contributed by atoms with Crippen LogP contribution in [0.2, 0.25) is 0 Å². The number of nitrogens with one attached hydrogen (secondary N) is 2. The van der Waals surface area contributed by atoms with Gasteiger partial charge in [-0.1, -0.05) is 0 Å². The molecule has 0 spiro atoms. The minimum absolute atomic E-state index is 0.321. The van der Waals surface area contributed by atoms with E-state index in [1.807, 2.05) is 18.3 Å². The van der Waals surface area contributed by atoms with Crippen molar-refractivity contribution in [2.24, 2.45) is 4.99 Å². The van der Waals surface area contributed by atoms with Crippen LogP contribution in [0.25, 0.3) is 0 Å². The third-order valence-electron chi connectivity index (χ3n) is 4.23. The molecule has 0 radical (unpaired) electrons. The fraction of sp³-hybridized carbons (Fsp3) is 0.526. The largest absolute Gasteiger partial charge is 0.474 e. The van der Waals surface area contributed by atoms with E-state index in [1.165, 1.54) is 17.7 Å². The molecule has 2 N–H and O–H groups in total. The lowest BCUT2D eigenvalue weighted by molar-refractivity contribution is 0.201. The molecular weight excluding hydrogens is 346 g/mol. The number of nitrogens with zero attached hydrogens (tertiary/aromatic N) is 3. The van der Waals surface area contributed by atoms with E-state index in [4.69, 9.17) is 4.74 Å². The second-order valence-corrected chi connectivity index (χ2v) is 7.76. The highest BCUT2D eigenvalue weighted by Crippen LogP contribution is 2.23. The Morgan fingerprint density at radius 2 is 2.15 bits per heavy atom. The molecule has 2 heterocycles. The Labute approximate surface area is 159 Å². The van der Waals surface area contributed by atoms with E-state index in [9.17, 15) is 0 Å². The molecule has 2 aromatic rings. The number of hydrogen-bond donors (Lipinski definition) is 2. The minimum atomic E-state index is 0.321. The van der Waals surface area contributed by atoms with E-state index in [-0.39, 0.29) is 0 Å². The molecule has 1 aliphatic rings. The molecule has 0 aliphatic heterocycles. The van der Waals surface area contributed by atoms with Gasteiger partial charge >= 0.3 is 0 Å². The molecule has 6 nitrogen and oxygen atoms in total. The molecule has 0 aromatic carbocycles. The summed E-state index contributed by atoms with van der Waals surface area (Å²) in [5.41, 5.74) is 1.09. The van der Waals surface area contributed by atoms with Gasteiger partial charge in [0.25, 0.3) is 0 Å². The highest BCUT2D eigenvalue weighted by Gasteiger charge is 2.17. The first kappa shape index (κ1) is 18.6. The van der Waals surface area contributed by atoms with E-state index in [1.54, 1.807) is 17.5 Å². The van der Waals surface area contributed by atoms with Crippen molar-refractivity contribution in [2.75, 3.05) is 6.54 Å². The molecular formula is C19H27N5OS. The van der Waals surface area contributed by atoms with Crippen molar-refractivity contribution in [3.05, 3.63) is 40.0 Å². The summed E-state index contributed by atoms with van der Waals surface area (Å²) in [5, 5.41) is 7.67. The zero-order valence-corrected chi connectivity index (χ0v) is 16.3. The van der Waals surface area contributed by atoms with Gasteiger partial charge in [0.1, 0.15) is 11.1 Å². The van der Waals surface area contributed by atoms with Gasteiger partial charge in [-0.2, -0.15) is 0 Å². The van der Waals surface area contributed by atoms with Gasteiger partial charge < -0.3 is 15.4 Å². The van der Waals surface area contributed by atoms with Crippen LogP contribution in [0.5, 0.6) is 5.88 Å². The van der Waals surface area contributed by atoms with Crippen molar-refractivity contribution < 1.29 is 4.74 Å². The van der Waals surface area contributed by atoms with Crippen molar-refractivity contribution in [2.45, 2.75) is 58.7 Å². The molecule has 0 atom stereocenters. The van der Waals surface area contributed by atoms with Gasteiger partial charge in [-0.25, -0.2) is 15.0 Å². The van der Waals surface area contributed by atoms with Crippen LogP contribution in [-0.4, -0.2) is 28.6 Å². The van der Waals surface area contributed by atoms with Crippen LogP contribution >= 0.6 is 11.3 Å². The van der Waals surface area contributed by atoms with E-state index in [0.717, 1.165) is 35.9 Å². The van der Waals surface area contributed by atoms with Crippen LogP contribution in [0, 0.1) is 6.92 Å². The van der Waals surface area contributed by atoms with Crippen molar-refractivity contribution >= 4 is 17.3 Å². The number of aryl methyl sites for hydroxylation is 1. The average Bonchev–Trinajstić information content (AvgIpc) is 3.29. The van der Waals surface area contributed by atoms with Crippen molar-refractivity contribution in [1.82, 2.24) is 20.6 Å². The minimum Gasteiger partial charge on any atom is -0.474 e. The topological polar surface area (TPSA) is 71.4 Å². The number of aromatic nitrogens is 2. The number of pyridine rings is 1. The zero-order chi connectivity index (χ0) is 18.2. The standard InChI is InChI=1S/C19H27N5OS/c1-3-20-19(24-13-18-22-11-14(2)26-18)23-12-15-8-9-21-17(10-15)25-16-6-4-5-7-16/h8-11,16H,3-7,12-13H2,1-2H3,(H2,20,23,24). The van der Waals surface area contributed by atoms with Gasteiger partial charge in [0.15, 0.2) is 5.96 Å². The molecule has 140 valence electrons. The van der Waals surface area contributed by atoms with Crippen LogP contribution in [0.4, 0.5) is 0 Å². The average molecular weight is 374 g/mol. The summed E-state index contributed by atoms with van der Waals surface area (Å²) >= 11 is 1.70. The van der Waals surface area contributed by atoms with Gasteiger partial charge in [-0.05, 0) is 51.2 Å². The Kier molecular flexibility index (Phi) is 6.82. The molecule has 26 heavy (non-hydrogen) atoms. The van der Waals surface area contributed by atoms with E-state index < -0.39 is 0 Å². The Hall–Kier alpha value is -2.15. The molecule has 0 unspecified atom stereocenters. The normalized spacial score (nSPS) is 15.2. The summed E-state index contributed by atoms with van der Waals surface area (Å²) in [5.74, 6) is 1.50. The first-order valence-electron chi connectivity index (χ1n) is 9.28. The number of aliphatic imine (C=N–C) groups is 1. The second-order valence-electron chi connectivity index (χ2n) is 6.44. The highest BCUT2D eigenvalue weighted by molar-refractivity contribution is 7.11. The number of hydrogen-bond acceptors (Lipinski definition) is 5. The summed E-state index contributed by atoms with van der Waals surface area (Å²) in [6.45, 7) is 6.20. The molecule has 1 saturated carbocycles. The first-order chi connectivity index (χ1) is 12.7. The number of thiazole rings is 1. The number of rotatable bonds is 7. The quantitative estimate of drug-likeness (QED) is 0.575. The molecule has 2 aromatic heterocycles. The lowest BCUT2D eigenvalue weighted by atomic mass is 10.2. The van der Waals surface area contributed by atoms with Crippen LogP contribution in [0.1, 0.15) is 48.1 Å². The predicted molar refractivity (Wildman–Crippen MR) is 106 cm³/mol. The first-order valence-corrected chi connectivity index (χ1v) is 10.1. The third kappa shape index (κ3) is 5.69. The van der Waals surface area contributed by atoms with Crippen LogP contribution < -0.4 is 15.4 Å². The lowest BCUT2D eigenvalue weighted by Crippen LogP contribution is -2.36. The lowest BCUT2D eigenvalue weighted by Gasteiger charge is -2.13. The van der Waals surface area contributed by atoms with E-state index in [0.29, 0.717) is 25.1 Å². The van der Waals surface area contributed by atoms with Crippen molar-refractivity contribution in [3.63, 3.8) is 0 Å². The Morgan fingerprint density at radius 1 is 1.31 bits per heavy atom. The molecule has 0 saturated heterocycles. The van der Waals surface area contributed by atoms with Crippen molar-refractivity contribution in [1.29, 1.82) is 0 Å². The van der Waals surface area contributed by atoms with Gasteiger partial charge in [-0.15, -0.1) is 11.3 Å². The van der Waals surface area contributed by atoms with Crippen LogP contribution in [0.3, 0.4) is 0 Å². The molecule has 1 fully saturated rings. The maximum Gasteiger partial charge on any atom is 0.213 e. The fourth-order valence-corrected chi connectivity index (χ4v) is 3.67. The van der Waals surface area contributed by atoms with Gasteiger partial charge in [0.05, 0.1) is 13.1 Å². The van der Waals surface area contributed by atoms with Gasteiger partial charge in [-0.3, -0.25) is 0 Å². The summed E-state index contributed by atoms with van der Waals surface area (Å²) < 4.78 is 5.98. The monoisotopic (exact) mass is 373 g/mol. The number of guanidine groups is 1. The van der Waals surface area contributed by atoms with E-state index >= 15 is 0 Å². The number of ether oxygens (including phenoxy) is 1. The fourth-order valence-electron chi connectivity index (χ4n) is 2.94. The predicted octanol–water partition coefficient (Wildman–Crippen LogP) is 3.42. The summed E-state index contributed by atoms with van der Waals surface area (Å²) in [7, 11) is 0. The van der Waals surface area contributed by atoms with Gasteiger partial charge in [0, 0.05) is 29.9 Å². The Balaban J connectivity index is 1.57. The zero-order valence-electron chi connectivity index (χ0n) is 15.5.